The average molecular weight is 287 g/mol. The van der Waals surface area contributed by atoms with Crippen molar-refractivity contribution in [3.05, 3.63) is 39.9 Å². The van der Waals surface area contributed by atoms with Gasteiger partial charge in [-0.15, -0.1) is 0 Å². The third kappa shape index (κ3) is 5.34. The zero-order valence-corrected chi connectivity index (χ0v) is 11.0. The lowest BCUT2D eigenvalue weighted by Gasteiger charge is -1.98. The van der Waals surface area contributed by atoms with Crippen LogP contribution in [0.3, 0.4) is 0 Å². The molecule has 0 fully saturated rings. The van der Waals surface area contributed by atoms with E-state index in [4.69, 9.17) is 28.3 Å². The lowest BCUT2D eigenvalue weighted by Crippen LogP contribution is -1.98. The predicted octanol–water partition coefficient (Wildman–Crippen LogP) is 3.83. The van der Waals surface area contributed by atoms with E-state index in [9.17, 15) is 9.59 Å². The number of carboxylic acid groups (broad SMARTS) is 1. The molecule has 3 nitrogen and oxygen atoms in total. The van der Waals surface area contributed by atoms with Crippen LogP contribution in [0.1, 0.15) is 24.8 Å². The first kappa shape index (κ1) is 14.7. The second-order valence-electron chi connectivity index (χ2n) is 3.71. The number of hydrogen-bond donors (Lipinski definition) is 1. The average Bonchev–Trinajstić information content (AvgIpc) is 2.27. The van der Waals surface area contributed by atoms with Crippen LogP contribution < -0.4 is 0 Å². The molecule has 1 rings (SSSR count). The van der Waals surface area contributed by atoms with Gasteiger partial charge in [0, 0.05) is 22.9 Å². The summed E-state index contributed by atoms with van der Waals surface area (Å²) >= 11 is 11.7. The molecule has 5 heteroatoms. The number of benzene rings is 1. The summed E-state index contributed by atoms with van der Waals surface area (Å²) < 4.78 is 0. The number of carbonyl (C=O) groups is 2. The number of ketones is 1. The Hall–Kier alpha value is -1.32. The van der Waals surface area contributed by atoms with Gasteiger partial charge in [-0.3, -0.25) is 9.59 Å². The van der Waals surface area contributed by atoms with Crippen molar-refractivity contribution >= 4 is 41.0 Å². The summed E-state index contributed by atoms with van der Waals surface area (Å²) in [5, 5.41) is 9.44. The number of aliphatic carboxylic acids is 1. The van der Waals surface area contributed by atoms with Crippen LogP contribution in [0.25, 0.3) is 6.08 Å². The summed E-state index contributed by atoms with van der Waals surface area (Å²) in [5.74, 6) is -1.02. The molecular formula is C13H12Cl2O3. The normalized spacial score (nSPS) is 10.8. The maximum absolute atomic E-state index is 11.4. The highest BCUT2D eigenvalue weighted by Crippen LogP contribution is 2.22. The Kier molecular flexibility index (Phi) is 5.89. The summed E-state index contributed by atoms with van der Waals surface area (Å²) in [4.78, 5) is 21.7. The van der Waals surface area contributed by atoms with Crippen molar-refractivity contribution in [1.29, 1.82) is 0 Å². The molecule has 0 aromatic heterocycles. The minimum atomic E-state index is -0.896. The fourth-order valence-electron chi connectivity index (χ4n) is 1.32. The van der Waals surface area contributed by atoms with Crippen molar-refractivity contribution in [3.63, 3.8) is 0 Å². The molecule has 0 aliphatic heterocycles. The SMILES string of the molecule is O=C(O)CCCC(=O)C=Cc1ccc(Cl)cc1Cl. The molecule has 0 unspecified atom stereocenters. The van der Waals surface area contributed by atoms with Crippen molar-refractivity contribution in [3.8, 4) is 0 Å². The second-order valence-corrected chi connectivity index (χ2v) is 4.56. The molecule has 0 atom stereocenters. The van der Waals surface area contributed by atoms with Gasteiger partial charge >= 0.3 is 5.97 Å². The van der Waals surface area contributed by atoms with Gasteiger partial charge in [-0.1, -0.05) is 29.3 Å². The molecule has 0 saturated heterocycles. The van der Waals surface area contributed by atoms with E-state index in [1.54, 1.807) is 24.3 Å². The molecule has 0 aliphatic rings. The van der Waals surface area contributed by atoms with Gasteiger partial charge in [-0.05, 0) is 36.3 Å². The Morgan fingerprint density at radius 3 is 2.56 bits per heavy atom. The molecule has 0 saturated carbocycles. The molecule has 0 amide bonds. The molecule has 1 aromatic carbocycles. The zero-order valence-electron chi connectivity index (χ0n) is 9.53. The van der Waals surface area contributed by atoms with Crippen LogP contribution in [0.15, 0.2) is 24.3 Å². The van der Waals surface area contributed by atoms with Gasteiger partial charge in [-0.25, -0.2) is 0 Å². The molecule has 1 N–H and O–H groups in total. The van der Waals surface area contributed by atoms with E-state index >= 15 is 0 Å². The van der Waals surface area contributed by atoms with Crippen LogP contribution in [-0.4, -0.2) is 16.9 Å². The van der Waals surface area contributed by atoms with E-state index in [0.717, 1.165) is 0 Å². The Morgan fingerprint density at radius 2 is 1.94 bits per heavy atom. The van der Waals surface area contributed by atoms with E-state index in [2.05, 4.69) is 0 Å². The largest absolute Gasteiger partial charge is 0.481 e. The quantitative estimate of drug-likeness (QED) is 0.809. The zero-order chi connectivity index (χ0) is 13.5. The highest BCUT2D eigenvalue weighted by molar-refractivity contribution is 6.35. The van der Waals surface area contributed by atoms with Gasteiger partial charge in [0.2, 0.25) is 0 Å². The van der Waals surface area contributed by atoms with E-state index < -0.39 is 5.97 Å². The van der Waals surface area contributed by atoms with Crippen LogP contribution >= 0.6 is 23.2 Å². The molecule has 0 radical (unpaired) electrons. The fraction of sp³-hybridized carbons (Fsp3) is 0.231. The van der Waals surface area contributed by atoms with Crippen molar-refractivity contribution in [2.24, 2.45) is 0 Å². The third-order valence-corrected chi connectivity index (χ3v) is 2.79. The second kappa shape index (κ2) is 7.19. The Bertz CT molecular complexity index is 481. The monoisotopic (exact) mass is 286 g/mol. The Balaban J connectivity index is 2.53. The summed E-state index contributed by atoms with van der Waals surface area (Å²) in [6.45, 7) is 0. The lowest BCUT2D eigenvalue weighted by atomic mass is 10.1. The van der Waals surface area contributed by atoms with E-state index in [1.807, 2.05) is 0 Å². The van der Waals surface area contributed by atoms with E-state index in [-0.39, 0.29) is 18.6 Å². The molecule has 0 bridgehead atoms. The molecule has 0 aliphatic carbocycles. The topological polar surface area (TPSA) is 54.4 Å². The summed E-state index contributed by atoms with van der Waals surface area (Å²) in [6, 6.07) is 4.99. The Labute approximate surface area is 115 Å². The van der Waals surface area contributed by atoms with Gasteiger partial charge in [0.1, 0.15) is 0 Å². The highest BCUT2D eigenvalue weighted by Gasteiger charge is 2.02. The fourth-order valence-corrected chi connectivity index (χ4v) is 1.79. The maximum atomic E-state index is 11.4. The first-order valence-corrected chi connectivity index (χ1v) is 6.12. The summed E-state index contributed by atoms with van der Waals surface area (Å²) in [6.07, 6.45) is 3.56. The third-order valence-electron chi connectivity index (χ3n) is 2.23. The van der Waals surface area contributed by atoms with Crippen LogP contribution in [0.2, 0.25) is 10.0 Å². The minimum absolute atomic E-state index is 0.00127. The van der Waals surface area contributed by atoms with Crippen molar-refractivity contribution in [2.75, 3.05) is 0 Å². The maximum Gasteiger partial charge on any atom is 0.303 e. The van der Waals surface area contributed by atoms with Crippen LogP contribution in [0, 0.1) is 0 Å². The highest BCUT2D eigenvalue weighted by atomic mass is 35.5. The lowest BCUT2D eigenvalue weighted by molar-refractivity contribution is -0.137. The summed E-state index contributed by atoms with van der Waals surface area (Å²) in [7, 11) is 0. The number of carboxylic acids is 1. The molecule has 1 aromatic rings. The van der Waals surface area contributed by atoms with Gasteiger partial charge in [0.15, 0.2) is 5.78 Å². The number of hydrogen-bond acceptors (Lipinski definition) is 2. The number of allylic oxidation sites excluding steroid dienone is 1. The molecule has 0 spiro atoms. The van der Waals surface area contributed by atoms with E-state index in [0.29, 0.717) is 22.0 Å². The molecular weight excluding hydrogens is 275 g/mol. The van der Waals surface area contributed by atoms with Gasteiger partial charge < -0.3 is 5.11 Å². The van der Waals surface area contributed by atoms with Crippen LogP contribution in [0.4, 0.5) is 0 Å². The van der Waals surface area contributed by atoms with Gasteiger partial charge in [0.05, 0.1) is 0 Å². The summed E-state index contributed by atoms with van der Waals surface area (Å²) in [5.41, 5.74) is 0.702. The Morgan fingerprint density at radius 1 is 1.22 bits per heavy atom. The standard InChI is InChI=1S/C13H12Cl2O3/c14-10-6-4-9(12(15)8-10)5-7-11(16)2-1-3-13(17)18/h4-8H,1-3H2,(H,17,18). The number of carbonyl (C=O) groups excluding carboxylic acids is 1. The first-order valence-electron chi connectivity index (χ1n) is 5.37. The molecule has 18 heavy (non-hydrogen) atoms. The van der Waals surface area contributed by atoms with Crippen molar-refractivity contribution in [1.82, 2.24) is 0 Å². The van der Waals surface area contributed by atoms with Gasteiger partial charge in [0.25, 0.3) is 0 Å². The van der Waals surface area contributed by atoms with Crippen molar-refractivity contribution < 1.29 is 14.7 Å². The van der Waals surface area contributed by atoms with Crippen LogP contribution in [0.5, 0.6) is 0 Å². The first-order chi connectivity index (χ1) is 8.49. The minimum Gasteiger partial charge on any atom is -0.481 e. The van der Waals surface area contributed by atoms with Crippen LogP contribution in [-0.2, 0) is 9.59 Å². The number of rotatable bonds is 6. The van der Waals surface area contributed by atoms with Crippen molar-refractivity contribution in [2.45, 2.75) is 19.3 Å². The smallest absolute Gasteiger partial charge is 0.303 e. The number of halogens is 2. The molecule has 96 valence electrons. The molecule has 0 heterocycles. The predicted molar refractivity (Wildman–Crippen MR) is 72.0 cm³/mol. The van der Waals surface area contributed by atoms with Gasteiger partial charge in [-0.2, -0.15) is 0 Å². The van der Waals surface area contributed by atoms with E-state index in [1.165, 1.54) is 6.08 Å².